The topological polar surface area (TPSA) is 86.7 Å². The van der Waals surface area contributed by atoms with Gasteiger partial charge in [-0.3, -0.25) is 0 Å². The zero-order chi connectivity index (χ0) is 7.98. The van der Waals surface area contributed by atoms with Gasteiger partial charge in [-0.2, -0.15) is 4.29 Å². The molecule has 0 aliphatic rings. The third kappa shape index (κ3) is 5.07. The minimum atomic E-state index is -1.28. The van der Waals surface area contributed by atoms with Gasteiger partial charge in [0, 0.05) is 12.2 Å². The van der Waals surface area contributed by atoms with E-state index < -0.39 is 11.9 Å². The van der Waals surface area contributed by atoms with Crippen molar-refractivity contribution in [1.82, 2.24) is 0 Å². The van der Waals surface area contributed by atoms with Crippen LogP contribution in [0.4, 0.5) is 0 Å². The summed E-state index contributed by atoms with van der Waals surface area (Å²) in [5.41, 5.74) is 0. The molecule has 0 aromatic rings. The predicted octanol–water partition coefficient (Wildman–Crippen LogP) is -1.55. The van der Waals surface area contributed by atoms with Crippen LogP contribution in [0.15, 0.2) is 12.2 Å². The quantitative estimate of drug-likeness (QED) is 0.513. The van der Waals surface area contributed by atoms with Gasteiger partial charge < -0.3 is 9.77 Å². The summed E-state index contributed by atoms with van der Waals surface area (Å²) < 4.78 is 13.1. The number of aliphatic carboxylic acids is 1. The second-order valence-corrected chi connectivity index (χ2v) is 1.41. The highest BCUT2D eigenvalue weighted by molar-refractivity contribution is 5.90. The molecule has 0 rings (SSSR count). The fourth-order valence-corrected chi connectivity index (χ4v) is 0.310. The maximum atomic E-state index is 10.1. The van der Waals surface area contributed by atoms with Crippen molar-refractivity contribution in [2.24, 2.45) is 0 Å². The van der Waals surface area contributed by atoms with Gasteiger partial charge in [-0.1, -0.05) is 0 Å². The number of carboxylic acids is 1. The fourth-order valence-electron chi connectivity index (χ4n) is 0.196. The second kappa shape index (κ2) is 4.78. The molecule has 0 unspecified atom stereocenters. The summed E-state index contributed by atoms with van der Waals surface area (Å²) in [5, 5.41) is 7.95. The molecule has 0 aromatic heterocycles. The lowest BCUT2D eigenvalue weighted by Crippen LogP contribution is -2.09. The summed E-state index contributed by atoms with van der Waals surface area (Å²) in [6.45, 7) is 0. The highest BCUT2D eigenvalue weighted by Crippen LogP contribution is 1.79. The molecule has 0 fully saturated rings. The molecule has 0 atom stereocenters. The van der Waals surface area contributed by atoms with Crippen LogP contribution in [0, 0.1) is 11.3 Å². The Morgan fingerprint density at radius 1 is 1.50 bits per heavy atom. The van der Waals surface area contributed by atoms with E-state index in [1.54, 1.807) is 0 Å². The van der Waals surface area contributed by atoms with Gasteiger partial charge in [-0.05, 0) is 0 Å². The van der Waals surface area contributed by atoms with Crippen LogP contribution in [0.5, 0.6) is 0 Å². The normalized spacial score (nSPS) is 9.70. The molecular weight excluding hydrogens is 163 g/mol. The van der Waals surface area contributed by atoms with Crippen molar-refractivity contribution in [3.63, 3.8) is 0 Å². The summed E-state index contributed by atoms with van der Waals surface area (Å²) in [6, 6.07) is 0. The van der Waals surface area contributed by atoms with Gasteiger partial charge in [-0.15, -0.1) is 0 Å². The van der Waals surface area contributed by atoms with E-state index in [1.165, 1.54) is 0 Å². The largest absolute Gasteiger partial charge is 0.495 e. The summed E-state index contributed by atoms with van der Waals surface area (Å²) in [4.78, 5) is 19.9. The first-order chi connectivity index (χ1) is 4.66. The van der Waals surface area contributed by atoms with Gasteiger partial charge in [0.15, 0.2) is 0 Å². The van der Waals surface area contributed by atoms with Crippen LogP contribution in [0.1, 0.15) is 0 Å². The molecule has 10 heavy (non-hydrogen) atoms. The molecule has 56 valence electrons. The molecule has 0 saturated carbocycles. The van der Waals surface area contributed by atoms with E-state index in [2.05, 4.69) is 4.29 Å². The van der Waals surface area contributed by atoms with Crippen molar-refractivity contribution in [3.8, 4) is 0 Å². The predicted molar refractivity (Wildman–Crippen MR) is 22.9 cm³/mol. The molecular formula is C4H3ClO5. The van der Waals surface area contributed by atoms with Crippen molar-refractivity contribution >= 4 is 11.9 Å². The summed E-state index contributed by atoms with van der Waals surface area (Å²) in [7, 11) is 0. The Morgan fingerprint density at radius 2 is 2.10 bits per heavy atom. The maximum Gasteiger partial charge on any atom is 0.400 e. The van der Waals surface area contributed by atoms with Gasteiger partial charge >= 0.3 is 23.3 Å². The van der Waals surface area contributed by atoms with E-state index in [1.807, 2.05) is 0 Å². The standard InChI is InChI=1S/C4H3ClO5/c6-3(7)1-2-4(8)10-5-9/h1-2H,(H,6,7)/b2-1+. The first-order valence-electron chi connectivity index (χ1n) is 2.06. The highest BCUT2D eigenvalue weighted by Gasteiger charge is 2.02. The lowest BCUT2D eigenvalue weighted by atomic mass is 10.5. The van der Waals surface area contributed by atoms with Crippen molar-refractivity contribution in [1.29, 1.82) is 0 Å². The molecule has 5 nitrogen and oxygen atoms in total. The molecule has 0 aliphatic carbocycles. The van der Waals surface area contributed by atoms with Gasteiger partial charge in [0.25, 0.3) is 0 Å². The second-order valence-electron chi connectivity index (χ2n) is 1.13. The molecule has 6 heteroatoms. The van der Waals surface area contributed by atoms with E-state index in [0.717, 1.165) is 0 Å². The lowest BCUT2D eigenvalue weighted by molar-refractivity contribution is -1.26. The van der Waals surface area contributed by atoms with Crippen LogP contribution in [0.3, 0.4) is 0 Å². The number of rotatable bonds is 3. The number of carboxylic acid groups (broad SMARTS) is 1. The Balaban J connectivity index is 3.67. The van der Waals surface area contributed by atoms with Gasteiger partial charge in [-0.25, -0.2) is 9.59 Å². The van der Waals surface area contributed by atoms with Crippen LogP contribution < -0.4 is 4.66 Å². The van der Waals surface area contributed by atoms with Crippen molar-refractivity contribution < 1.29 is 35.0 Å². The minimum Gasteiger partial charge on any atom is -0.495 e. The Morgan fingerprint density at radius 3 is 2.50 bits per heavy atom. The Hall–Kier alpha value is -1.07. The van der Waals surface area contributed by atoms with E-state index in [9.17, 15) is 14.2 Å². The van der Waals surface area contributed by atoms with Gasteiger partial charge in [0.1, 0.15) is 0 Å². The number of hydrogen-bond acceptors (Lipinski definition) is 4. The first kappa shape index (κ1) is 8.93. The monoisotopic (exact) mass is 166 g/mol. The van der Waals surface area contributed by atoms with Gasteiger partial charge in [0.2, 0.25) is 0 Å². The van der Waals surface area contributed by atoms with Crippen LogP contribution in [-0.2, 0) is 13.9 Å². The number of hydrogen-bond donors (Lipinski definition) is 1. The molecule has 0 radical (unpaired) electrons. The van der Waals surface area contributed by atoms with E-state index in [-0.39, 0.29) is 11.3 Å². The summed E-state index contributed by atoms with van der Waals surface area (Å²) in [6.07, 6.45) is 1.21. The molecule has 0 saturated heterocycles. The minimum absolute atomic E-state index is 0.0276. The number of halogens is 1. The smallest absolute Gasteiger partial charge is 0.400 e. The SMILES string of the molecule is O=C(O)/C=C/C(=O)O[Cl+][O-]. The molecule has 0 aliphatic heterocycles. The fraction of sp³-hybridized carbons (Fsp3) is 0. The van der Waals surface area contributed by atoms with Crippen LogP contribution in [0.2, 0.25) is 0 Å². The molecule has 0 aromatic carbocycles. The summed E-state index contributed by atoms with van der Waals surface area (Å²) in [5.74, 6) is -2.29. The van der Waals surface area contributed by atoms with E-state index in [4.69, 9.17) is 5.11 Å². The third-order valence-electron chi connectivity index (χ3n) is 0.470. The molecule has 1 N–H and O–H groups in total. The zero-order valence-corrected chi connectivity index (χ0v) is 5.37. The van der Waals surface area contributed by atoms with E-state index in [0.29, 0.717) is 12.2 Å². The van der Waals surface area contributed by atoms with Crippen molar-refractivity contribution in [3.05, 3.63) is 12.2 Å². The lowest BCUT2D eigenvalue weighted by Gasteiger charge is -1.80. The molecule has 0 spiro atoms. The van der Waals surface area contributed by atoms with Crippen molar-refractivity contribution in [2.45, 2.75) is 0 Å². The summed E-state index contributed by atoms with van der Waals surface area (Å²) >= 11 is 0.0276. The maximum absolute atomic E-state index is 10.1. The average Bonchev–Trinajstić information content (AvgIpc) is 1.85. The molecule has 0 amide bonds. The van der Waals surface area contributed by atoms with E-state index >= 15 is 0 Å². The Labute approximate surface area is 60.0 Å². The molecule has 0 heterocycles. The van der Waals surface area contributed by atoms with Crippen LogP contribution in [-0.4, -0.2) is 17.0 Å². The van der Waals surface area contributed by atoms with Crippen molar-refractivity contribution in [2.75, 3.05) is 0 Å². The zero-order valence-electron chi connectivity index (χ0n) is 4.61. The van der Waals surface area contributed by atoms with Crippen LogP contribution in [0.25, 0.3) is 0 Å². The van der Waals surface area contributed by atoms with Crippen LogP contribution >= 0.6 is 0 Å². The first-order valence-corrected chi connectivity index (χ1v) is 2.67. The molecule has 0 bridgehead atoms. The average molecular weight is 167 g/mol. The number of carbonyl (C=O) groups excluding carboxylic acids is 1. The number of carbonyl (C=O) groups is 2. The highest BCUT2D eigenvalue weighted by atomic mass is 35.6. The van der Waals surface area contributed by atoms with Gasteiger partial charge in [0.05, 0.1) is 0 Å². The Kier molecular flexibility index (Phi) is 4.26. The Bertz CT molecular complexity index is 163. The third-order valence-corrected chi connectivity index (χ3v) is 0.685.